The van der Waals surface area contributed by atoms with Crippen LogP contribution in [0.2, 0.25) is 0 Å². The van der Waals surface area contributed by atoms with Crippen LogP contribution < -0.4 is 15.8 Å². The Balaban J connectivity index is 1.85. The van der Waals surface area contributed by atoms with E-state index >= 15 is 0 Å². The number of nitrogens with one attached hydrogen (secondary N) is 2. The summed E-state index contributed by atoms with van der Waals surface area (Å²) in [5, 5.41) is 11.8. The SMILES string of the molecule is CCNC(=NCc1ccc(S(N)(=O)=O)cc1)NCCC1CCCC(C)C1. The zero-order valence-corrected chi connectivity index (χ0v) is 16.7. The fraction of sp³-hybridized carbons (Fsp3) is 0.632. The topological polar surface area (TPSA) is 96.6 Å². The van der Waals surface area contributed by atoms with Gasteiger partial charge in [0.1, 0.15) is 0 Å². The van der Waals surface area contributed by atoms with Gasteiger partial charge in [0.25, 0.3) is 0 Å². The van der Waals surface area contributed by atoms with Gasteiger partial charge in [-0.1, -0.05) is 38.3 Å². The average molecular weight is 381 g/mol. The Morgan fingerprint density at radius 2 is 1.96 bits per heavy atom. The highest BCUT2D eigenvalue weighted by atomic mass is 32.2. The van der Waals surface area contributed by atoms with Crippen molar-refractivity contribution in [3.63, 3.8) is 0 Å². The van der Waals surface area contributed by atoms with Crippen LogP contribution in [0.1, 0.15) is 51.5 Å². The summed E-state index contributed by atoms with van der Waals surface area (Å²) in [5.41, 5.74) is 0.940. The summed E-state index contributed by atoms with van der Waals surface area (Å²) >= 11 is 0. The van der Waals surface area contributed by atoms with Crippen LogP contribution in [0, 0.1) is 11.8 Å². The molecule has 7 heteroatoms. The van der Waals surface area contributed by atoms with Gasteiger partial charge in [0.15, 0.2) is 5.96 Å². The molecule has 6 nitrogen and oxygen atoms in total. The lowest BCUT2D eigenvalue weighted by Gasteiger charge is -2.26. The predicted octanol–water partition coefficient (Wildman–Crippen LogP) is 2.61. The number of primary sulfonamides is 1. The number of sulfonamides is 1. The van der Waals surface area contributed by atoms with Crippen LogP contribution in [0.15, 0.2) is 34.2 Å². The zero-order valence-electron chi connectivity index (χ0n) is 15.9. The third-order valence-corrected chi connectivity index (χ3v) is 5.84. The summed E-state index contributed by atoms with van der Waals surface area (Å²) in [4.78, 5) is 4.71. The largest absolute Gasteiger partial charge is 0.357 e. The van der Waals surface area contributed by atoms with E-state index in [2.05, 4.69) is 22.5 Å². The first kappa shape index (κ1) is 20.7. The maximum Gasteiger partial charge on any atom is 0.238 e. The molecule has 0 spiro atoms. The minimum Gasteiger partial charge on any atom is -0.357 e. The Morgan fingerprint density at radius 1 is 1.23 bits per heavy atom. The molecule has 0 aliphatic heterocycles. The third kappa shape index (κ3) is 6.96. The van der Waals surface area contributed by atoms with E-state index in [1.807, 2.05) is 6.92 Å². The standard InChI is InChI=1S/C19H32N4O2S/c1-3-21-19(22-12-11-16-6-4-5-15(2)13-16)23-14-17-7-9-18(10-8-17)26(20,24)25/h7-10,15-16H,3-6,11-14H2,1-2H3,(H2,20,24,25)(H2,21,22,23). The van der Waals surface area contributed by atoms with E-state index in [0.29, 0.717) is 6.54 Å². The molecule has 1 aliphatic rings. The van der Waals surface area contributed by atoms with Gasteiger partial charge in [0.2, 0.25) is 10.0 Å². The minimum absolute atomic E-state index is 0.122. The van der Waals surface area contributed by atoms with Crippen LogP contribution in [0.4, 0.5) is 0 Å². The molecule has 2 rings (SSSR count). The molecule has 1 aromatic rings. The van der Waals surface area contributed by atoms with Crippen molar-refractivity contribution in [1.82, 2.24) is 10.6 Å². The maximum atomic E-state index is 11.3. The number of hydrogen-bond donors (Lipinski definition) is 3. The highest BCUT2D eigenvalue weighted by Crippen LogP contribution is 2.30. The molecule has 2 unspecified atom stereocenters. The van der Waals surface area contributed by atoms with Crippen molar-refractivity contribution < 1.29 is 8.42 Å². The van der Waals surface area contributed by atoms with Crippen molar-refractivity contribution in [2.24, 2.45) is 22.0 Å². The van der Waals surface area contributed by atoms with Gasteiger partial charge in [-0.25, -0.2) is 18.5 Å². The van der Waals surface area contributed by atoms with E-state index in [4.69, 9.17) is 5.14 Å². The summed E-state index contributed by atoms with van der Waals surface area (Å²) < 4.78 is 22.6. The van der Waals surface area contributed by atoms with Crippen LogP contribution in [-0.4, -0.2) is 27.5 Å². The molecular weight excluding hydrogens is 348 g/mol. The molecule has 146 valence electrons. The van der Waals surface area contributed by atoms with Crippen LogP contribution in [0.3, 0.4) is 0 Å². The van der Waals surface area contributed by atoms with Crippen molar-refractivity contribution in [2.75, 3.05) is 13.1 Å². The van der Waals surface area contributed by atoms with Gasteiger partial charge in [-0.05, 0) is 49.3 Å². The molecule has 0 amide bonds. The monoisotopic (exact) mass is 380 g/mol. The van der Waals surface area contributed by atoms with Crippen molar-refractivity contribution in [2.45, 2.75) is 57.4 Å². The molecule has 0 saturated heterocycles. The molecule has 2 atom stereocenters. The minimum atomic E-state index is -3.65. The molecule has 1 aliphatic carbocycles. The number of nitrogens with two attached hydrogens (primary N) is 1. The van der Waals surface area contributed by atoms with Gasteiger partial charge < -0.3 is 10.6 Å². The Bertz CT molecular complexity index is 686. The number of rotatable bonds is 7. The number of aliphatic imine (C=N–C) groups is 1. The molecule has 0 radical (unpaired) electrons. The smallest absolute Gasteiger partial charge is 0.238 e. The van der Waals surface area contributed by atoms with Gasteiger partial charge in [-0.15, -0.1) is 0 Å². The van der Waals surface area contributed by atoms with Crippen molar-refractivity contribution in [3.05, 3.63) is 29.8 Å². The molecule has 0 bridgehead atoms. The summed E-state index contributed by atoms with van der Waals surface area (Å²) in [6.07, 6.45) is 6.59. The van der Waals surface area contributed by atoms with Crippen LogP contribution >= 0.6 is 0 Å². The summed E-state index contributed by atoms with van der Waals surface area (Å²) in [6.45, 7) is 6.61. The average Bonchev–Trinajstić information content (AvgIpc) is 2.59. The maximum absolute atomic E-state index is 11.3. The van der Waals surface area contributed by atoms with Gasteiger partial charge in [-0.3, -0.25) is 0 Å². The predicted molar refractivity (Wildman–Crippen MR) is 106 cm³/mol. The van der Waals surface area contributed by atoms with E-state index in [-0.39, 0.29) is 4.90 Å². The first-order valence-corrected chi connectivity index (χ1v) is 11.1. The highest BCUT2D eigenvalue weighted by molar-refractivity contribution is 7.89. The summed E-state index contributed by atoms with van der Waals surface area (Å²) in [5.74, 6) is 2.47. The number of hydrogen-bond acceptors (Lipinski definition) is 3. The molecule has 26 heavy (non-hydrogen) atoms. The molecule has 0 heterocycles. The van der Waals surface area contributed by atoms with E-state index in [0.717, 1.165) is 36.4 Å². The Hall–Kier alpha value is -1.60. The van der Waals surface area contributed by atoms with Crippen molar-refractivity contribution in [3.8, 4) is 0 Å². The third-order valence-electron chi connectivity index (χ3n) is 4.91. The summed E-state index contributed by atoms with van der Waals surface area (Å²) in [7, 11) is -3.65. The lowest BCUT2D eigenvalue weighted by Crippen LogP contribution is -2.38. The van der Waals surface area contributed by atoms with E-state index in [1.165, 1.54) is 44.2 Å². The zero-order chi connectivity index (χ0) is 19.0. The quantitative estimate of drug-likeness (QED) is 0.500. The van der Waals surface area contributed by atoms with Gasteiger partial charge in [0, 0.05) is 13.1 Å². The van der Waals surface area contributed by atoms with Crippen molar-refractivity contribution >= 4 is 16.0 Å². The second kappa shape index (κ2) is 9.92. The highest BCUT2D eigenvalue weighted by Gasteiger charge is 2.18. The Labute approximate surface area is 157 Å². The van der Waals surface area contributed by atoms with Crippen LogP contribution in [0.5, 0.6) is 0 Å². The number of guanidine groups is 1. The second-order valence-electron chi connectivity index (χ2n) is 7.24. The Kier molecular flexibility index (Phi) is 7.90. The lowest BCUT2D eigenvalue weighted by molar-refractivity contribution is 0.270. The summed E-state index contributed by atoms with van der Waals surface area (Å²) in [6, 6.07) is 6.53. The number of benzene rings is 1. The first-order chi connectivity index (χ1) is 12.4. The molecule has 1 fully saturated rings. The van der Waals surface area contributed by atoms with Crippen molar-refractivity contribution in [1.29, 1.82) is 0 Å². The van der Waals surface area contributed by atoms with Gasteiger partial charge in [0.05, 0.1) is 11.4 Å². The van der Waals surface area contributed by atoms with E-state index in [1.54, 1.807) is 12.1 Å². The van der Waals surface area contributed by atoms with Crippen LogP contribution in [-0.2, 0) is 16.6 Å². The lowest BCUT2D eigenvalue weighted by atomic mass is 9.81. The normalized spacial score (nSPS) is 21.4. The van der Waals surface area contributed by atoms with E-state index < -0.39 is 10.0 Å². The van der Waals surface area contributed by atoms with Gasteiger partial charge in [-0.2, -0.15) is 0 Å². The fourth-order valence-corrected chi connectivity index (χ4v) is 4.03. The fourth-order valence-electron chi connectivity index (χ4n) is 3.51. The molecule has 1 aromatic carbocycles. The van der Waals surface area contributed by atoms with E-state index in [9.17, 15) is 8.42 Å². The number of nitrogens with zero attached hydrogens (tertiary/aromatic N) is 1. The Morgan fingerprint density at radius 3 is 2.58 bits per heavy atom. The molecular formula is C19H32N4O2S. The first-order valence-electron chi connectivity index (χ1n) is 9.52. The molecule has 0 aromatic heterocycles. The molecule has 4 N–H and O–H groups in total. The van der Waals surface area contributed by atoms with Crippen LogP contribution in [0.25, 0.3) is 0 Å². The van der Waals surface area contributed by atoms with Gasteiger partial charge >= 0.3 is 0 Å². The molecule has 1 saturated carbocycles. The second-order valence-corrected chi connectivity index (χ2v) is 8.80.